The maximum absolute atomic E-state index is 12.4. The number of nitrogens with one attached hydrogen (secondary N) is 1. The minimum atomic E-state index is -0.366. The smallest absolute Gasteiger partial charge is 0.273 e. The molecule has 3 N–H and O–H groups in total. The predicted molar refractivity (Wildman–Crippen MR) is 114 cm³/mol. The first-order chi connectivity index (χ1) is 13.3. The number of rotatable bonds is 4. The predicted octanol–water partition coefficient (Wildman–Crippen LogP) is 4.18. The SMILES string of the molecule is Cc1cc(N)n(/N=C\c2cccc(NC(=O)c3ccc(Cl)cc3Cl)c2)c(=O)c1. The molecule has 0 atom stereocenters. The molecule has 2 aromatic carbocycles. The fraction of sp³-hybridized carbons (Fsp3) is 0.0500. The number of anilines is 2. The number of hydrogen-bond donors (Lipinski definition) is 2. The molecule has 0 aliphatic rings. The summed E-state index contributed by atoms with van der Waals surface area (Å²) in [6, 6.07) is 14.7. The van der Waals surface area contributed by atoms with Gasteiger partial charge in [0.25, 0.3) is 11.5 Å². The van der Waals surface area contributed by atoms with E-state index < -0.39 is 0 Å². The van der Waals surface area contributed by atoms with E-state index >= 15 is 0 Å². The molecule has 0 saturated carbocycles. The van der Waals surface area contributed by atoms with Gasteiger partial charge in [-0.25, -0.2) is 0 Å². The zero-order chi connectivity index (χ0) is 20.3. The van der Waals surface area contributed by atoms with Crippen LogP contribution >= 0.6 is 23.2 Å². The van der Waals surface area contributed by atoms with Crippen molar-refractivity contribution in [1.82, 2.24) is 4.68 Å². The molecular formula is C20H16Cl2N4O2. The number of aromatic nitrogens is 1. The highest BCUT2D eigenvalue weighted by molar-refractivity contribution is 6.37. The second-order valence-corrected chi connectivity index (χ2v) is 6.90. The molecule has 3 aromatic rings. The normalized spacial score (nSPS) is 11.0. The van der Waals surface area contributed by atoms with Crippen LogP contribution < -0.4 is 16.6 Å². The summed E-state index contributed by atoms with van der Waals surface area (Å²) in [4.78, 5) is 24.4. The van der Waals surface area contributed by atoms with Crippen molar-refractivity contribution in [2.45, 2.75) is 6.92 Å². The minimum absolute atomic E-state index is 0.239. The van der Waals surface area contributed by atoms with Gasteiger partial charge in [0.05, 0.1) is 16.8 Å². The number of pyridine rings is 1. The Morgan fingerprint density at radius 3 is 2.64 bits per heavy atom. The number of carbonyl (C=O) groups excluding carboxylic acids is 1. The summed E-state index contributed by atoms with van der Waals surface area (Å²) in [6.07, 6.45) is 1.48. The third-order valence-electron chi connectivity index (χ3n) is 3.82. The fourth-order valence-electron chi connectivity index (χ4n) is 2.54. The Labute approximate surface area is 171 Å². The number of nitrogens with two attached hydrogens (primary N) is 1. The van der Waals surface area contributed by atoms with Crippen LogP contribution in [0.15, 0.2) is 64.5 Å². The van der Waals surface area contributed by atoms with Gasteiger partial charge in [-0.1, -0.05) is 35.3 Å². The number of amides is 1. The molecule has 0 bridgehead atoms. The van der Waals surface area contributed by atoms with Crippen molar-refractivity contribution in [3.05, 3.63) is 91.7 Å². The Morgan fingerprint density at radius 2 is 1.93 bits per heavy atom. The van der Waals surface area contributed by atoms with Gasteiger partial charge < -0.3 is 11.1 Å². The number of benzene rings is 2. The molecule has 8 heteroatoms. The van der Waals surface area contributed by atoms with E-state index in [2.05, 4.69) is 10.4 Å². The summed E-state index contributed by atoms with van der Waals surface area (Å²) >= 11 is 11.9. The molecule has 0 radical (unpaired) electrons. The van der Waals surface area contributed by atoms with Crippen LogP contribution in [0.5, 0.6) is 0 Å². The quantitative estimate of drug-likeness (QED) is 0.627. The lowest BCUT2D eigenvalue weighted by Crippen LogP contribution is -2.19. The van der Waals surface area contributed by atoms with Gasteiger partial charge in [-0.3, -0.25) is 9.59 Å². The van der Waals surface area contributed by atoms with Crippen LogP contribution in [0.1, 0.15) is 21.5 Å². The zero-order valence-corrected chi connectivity index (χ0v) is 16.3. The highest BCUT2D eigenvalue weighted by Gasteiger charge is 2.11. The second kappa shape index (κ2) is 8.29. The molecule has 3 rings (SSSR count). The van der Waals surface area contributed by atoms with Crippen LogP contribution in [0.3, 0.4) is 0 Å². The number of hydrogen-bond acceptors (Lipinski definition) is 4. The average molecular weight is 415 g/mol. The Hall–Kier alpha value is -3.09. The summed E-state index contributed by atoms with van der Waals surface area (Å²) < 4.78 is 1.10. The zero-order valence-electron chi connectivity index (χ0n) is 14.8. The average Bonchev–Trinajstić information content (AvgIpc) is 2.61. The molecule has 0 spiro atoms. The number of nitrogens with zero attached hydrogens (tertiary/aromatic N) is 2. The van der Waals surface area contributed by atoms with E-state index in [1.807, 2.05) is 0 Å². The number of halogens is 2. The van der Waals surface area contributed by atoms with Crippen LogP contribution in [-0.2, 0) is 0 Å². The molecule has 6 nitrogen and oxygen atoms in total. The standard InChI is InChI=1S/C20H16Cl2N4O2/c1-12-7-18(23)26(19(27)8-12)24-11-13-3-2-4-15(9-13)25-20(28)16-6-5-14(21)10-17(16)22/h2-11H,23H2,1H3,(H,25,28)/b24-11-. The second-order valence-electron chi connectivity index (χ2n) is 6.06. The molecule has 0 aliphatic carbocycles. The van der Waals surface area contributed by atoms with Gasteiger partial charge in [0.1, 0.15) is 5.82 Å². The lowest BCUT2D eigenvalue weighted by atomic mass is 10.2. The van der Waals surface area contributed by atoms with Gasteiger partial charge in [-0.05, 0) is 54.4 Å². The molecule has 1 aromatic heterocycles. The van der Waals surface area contributed by atoms with Crippen molar-refractivity contribution in [3.63, 3.8) is 0 Å². The highest BCUT2D eigenvalue weighted by atomic mass is 35.5. The molecule has 28 heavy (non-hydrogen) atoms. The number of nitrogen functional groups attached to an aromatic ring is 1. The first-order valence-electron chi connectivity index (χ1n) is 8.23. The largest absolute Gasteiger partial charge is 0.384 e. The summed E-state index contributed by atoms with van der Waals surface area (Å²) in [6.45, 7) is 1.78. The van der Waals surface area contributed by atoms with Gasteiger partial charge in [0.15, 0.2) is 0 Å². The summed E-state index contributed by atoms with van der Waals surface area (Å²) in [5, 5.41) is 7.60. The van der Waals surface area contributed by atoms with Gasteiger partial charge in [-0.2, -0.15) is 9.78 Å². The number of aryl methyl sites for hydroxylation is 1. The van der Waals surface area contributed by atoms with E-state index in [1.54, 1.807) is 49.4 Å². The van der Waals surface area contributed by atoms with Crippen LogP contribution in [-0.4, -0.2) is 16.8 Å². The Balaban J connectivity index is 1.81. The summed E-state index contributed by atoms with van der Waals surface area (Å²) in [7, 11) is 0. The lowest BCUT2D eigenvalue weighted by molar-refractivity contribution is 0.102. The van der Waals surface area contributed by atoms with Crippen molar-refractivity contribution >= 4 is 46.8 Å². The molecule has 142 valence electrons. The van der Waals surface area contributed by atoms with Crippen LogP contribution in [0.25, 0.3) is 0 Å². The Morgan fingerprint density at radius 1 is 1.14 bits per heavy atom. The minimum Gasteiger partial charge on any atom is -0.384 e. The molecule has 1 amide bonds. The molecular weight excluding hydrogens is 399 g/mol. The van der Waals surface area contributed by atoms with E-state index in [-0.39, 0.29) is 22.3 Å². The lowest BCUT2D eigenvalue weighted by Gasteiger charge is -2.08. The molecule has 0 unspecified atom stereocenters. The van der Waals surface area contributed by atoms with Crippen LogP contribution in [0.4, 0.5) is 11.5 Å². The number of carbonyl (C=O) groups is 1. The highest BCUT2D eigenvalue weighted by Crippen LogP contribution is 2.22. The molecule has 0 aliphatic heterocycles. The van der Waals surface area contributed by atoms with E-state index in [4.69, 9.17) is 28.9 Å². The maximum atomic E-state index is 12.4. The van der Waals surface area contributed by atoms with Gasteiger partial charge in [0.2, 0.25) is 0 Å². The summed E-state index contributed by atoms with van der Waals surface area (Å²) in [5.41, 5.74) is 7.81. The third kappa shape index (κ3) is 4.60. The van der Waals surface area contributed by atoms with Gasteiger partial charge >= 0.3 is 0 Å². The van der Waals surface area contributed by atoms with Crippen LogP contribution in [0.2, 0.25) is 10.0 Å². The maximum Gasteiger partial charge on any atom is 0.273 e. The summed E-state index contributed by atoms with van der Waals surface area (Å²) in [5.74, 6) is -0.127. The monoisotopic (exact) mass is 414 g/mol. The molecule has 0 fully saturated rings. The molecule has 0 saturated heterocycles. The third-order valence-corrected chi connectivity index (χ3v) is 4.37. The van der Waals surface area contributed by atoms with E-state index in [9.17, 15) is 9.59 Å². The Kier molecular flexibility index (Phi) is 5.82. The van der Waals surface area contributed by atoms with Crippen molar-refractivity contribution < 1.29 is 4.79 Å². The van der Waals surface area contributed by atoms with Gasteiger partial charge in [0, 0.05) is 16.8 Å². The van der Waals surface area contributed by atoms with Crippen molar-refractivity contribution in [3.8, 4) is 0 Å². The fourth-order valence-corrected chi connectivity index (χ4v) is 3.03. The van der Waals surface area contributed by atoms with Crippen molar-refractivity contribution in [2.75, 3.05) is 11.1 Å². The van der Waals surface area contributed by atoms with E-state index in [0.29, 0.717) is 21.8 Å². The topological polar surface area (TPSA) is 89.5 Å². The Bertz CT molecular complexity index is 1140. The molecule has 1 heterocycles. The van der Waals surface area contributed by atoms with Crippen molar-refractivity contribution in [1.29, 1.82) is 0 Å². The van der Waals surface area contributed by atoms with Gasteiger partial charge in [-0.15, -0.1) is 0 Å². The first kappa shape index (κ1) is 19.7. The first-order valence-corrected chi connectivity index (χ1v) is 8.99. The van der Waals surface area contributed by atoms with E-state index in [0.717, 1.165) is 10.2 Å². The van der Waals surface area contributed by atoms with E-state index in [1.165, 1.54) is 18.3 Å². The van der Waals surface area contributed by atoms with Crippen molar-refractivity contribution in [2.24, 2.45) is 5.10 Å². The van der Waals surface area contributed by atoms with Crippen LogP contribution in [0, 0.1) is 6.92 Å².